The van der Waals surface area contributed by atoms with Gasteiger partial charge in [-0.2, -0.15) is 13.2 Å². The van der Waals surface area contributed by atoms with Gasteiger partial charge in [0.25, 0.3) is 5.91 Å². The predicted octanol–water partition coefficient (Wildman–Crippen LogP) is 3.71. The summed E-state index contributed by atoms with van der Waals surface area (Å²) in [5, 5.41) is 7.51. The molecular formula is C16H14F3N3O2. The number of anilines is 2. The third-order valence-electron chi connectivity index (χ3n) is 3.10. The summed E-state index contributed by atoms with van der Waals surface area (Å²) < 4.78 is 37.5. The molecule has 8 heteroatoms. The van der Waals surface area contributed by atoms with Crippen molar-refractivity contribution in [3.63, 3.8) is 0 Å². The van der Waals surface area contributed by atoms with Gasteiger partial charge in [0.2, 0.25) is 0 Å². The maximum Gasteiger partial charge on any atom is 0.416 e. The number of rotatable bonds is 3. The number of amides is 3. The van der Waals surface area contributed by atoms with Gasteiger partial charge < -0.3 is 16.0 Å². The highest BCUT2D eigenvalue weighted by Crippen LogP contribution is 2.29. The van der Waals surface area contributed by atoms with Gasteiger partial charge in [0.05, 0.1) is 5.56 Å². The van der Waals surface area contributed by atoms with E-state index >= 15 is 0 Å². The summed E-state index contributed by atoms with van der Waals surface area (Å²) >= 11 is 0. The van der Waals surface area contributed by atoms with Crippen LogP contribution in [-0.4, -0.2) is 19.0 Å². The van der Waals surface area contributed by atoms with E-state index in [-0.39, 0.29) is 11.6 Å². The number of halogens is 3. The van der Waals surface area contributed by atoms with E-state index in [0.29, 0.717) is 11.4 Å². The molecule has 0 atom stereocenters. The number of benzene rings is 2. The summed E-state index contributed by atoms with van der Waals surface area (Å²) in [5.74, 6) is -0.532. The molecule has 24 heavy (non-hydrogen) atoms. The fourth-order valence-corrected chi connectivity index (χ4v) is 1.84. The van der Waals surface area contributed by atoms with Crippen LogP contribution in [0.15, 0.2) is 48.5 Å². The highest BCUT2D eigenvalue weighted by atomic mass is 19.4. The summed E-state index contributed by atoms with van der Waals surface area (Å²) in [7, 11) is 1.48. The zero-order valence-electron chi connectivity index (χ0n) is 12.6. The molecular weight excluding hydrogens is 323 g/mol. The van der Waals surface area contributed by atoms with Gasteiger partial charge in [-0.1, -0.05) is 0 Å². The van der Waals surface area contributed by atoms with Crippen molar-refractivity contribution in [1.29, 1.82) is 0 Å². The van der Waals surface area contributed by atoms with Crippen molar-refractivity contribution in [2.24, 2.45) is 0 Å². The molecule has 3 amide bonds. The third-order valence-corrected chi connectivity index (χ3v) is 3.10. The lowest BCUT2D eigenvalue weighted by Gasteiger charge is -2.09. The first-order valence-electron chi connectivity index (χ1n) is 6.87. The van der Waals surface area contributed by atoms with E-state index in [1.807, 2.05) is 0 Å². The van der Waals surface area contributed by atoms with Crippen LogP contribution in [0.3, 0.4) is 0 Å². The third kappa shape index (κ3) is 4.48. The molecule has 3 N–H and O–H groups in total. The van der Waals surface area contributed by atoms with Crippen LogP contribution in [0.25, 0.3) is 0 Å². The van der Waals surface area contributed by atoms with E-state index in [9.17, 15) is 22.8 Å². The molecule has 0 heterocycles. The molecule has 0 aliphatic carbocycles. The first kappa shape index (κ1) is 17.3. The Bertz CT molecular complexity index is 726. The minimum absolute atomic E-state index is 0.107. The molecule has 0 bridgehead atoms. The number of carbonyl (C=O) groups excluding carboxylic acids is 2. The van der Waals surface area contributed by atoms with Crippen LogP contribution in [0.1, 0.15) is 15.9 Å². The molecule has 0 spiro atoms. The molecule has 0 aromatic heterocycles. The Morgan fingerprint density at radius 2 is 1.33 bits per heavy atom. The molecule has 126 valence electrons. The van der Waals surface area contributed by atoms with Crippen molar-refractivity contribution in [3.8, 4) is 0 Å². The van der Waals surface area contributed by atoms with Crippen LogP contribution in [0.2, 0.25) is 0 Å². The largest absolute Gasteiger partial charge is 0.416 e. The maximum absolute atomic E-state index is 12.5. The van der Waals surface area contributed by atoms with E-state index < -0.39 is 17.6 Å². The van der Waals surface area contributed by atoms with Crippen LogP contribution in [0, 0.1) is 0 Å². The predicted molar refractivity (Wildman–Crippen MR) is 83.9 cm³/mol. The Balaban J connectivity index is 2.03. The molecule has 0 saturated carbocycles. The Morgan fingerprint density at radius 3 is 1.79 bits per heavy atom. The number of urea groups is 1. The van der Waals surface area contributed by atoms with E-state index in [4.69, 9.17) is 0 Å². The van der Waals surface area contributed by atoms with Gasteiger partial charge in [-0.25, -0.2) is 4.79 Å². The lowest BCUT2D eigenvalue weighted by atomic mass is 10.1. The van der Waals surface area contributed by atoms with Crippen LogP contribution in [-0.2, 0) is 6.18 Å². The summed E-state index contributed by atoms with van der Waals surface area (Å²) in [4.78, 5) is 23.2. The minimum Gasteiger partial charge on any atom is -0.341 e. The van der Waals surface area contributed by atoms with Gasteiger partial charge in [-0.3, -0.25) is 4.79 Å². The lowest BCUT2D eigenvalue weighted by molar-refractivity contribution is -0.137. The highest BCUT2D eigenvalue weighted by molar-refractivity contribution is 6.04. The average molecular weight is 337 g/mol. The van der Waals surface area contributed by atoms with Crippen LogP contribution < -0.4 is 16.0 Å². The first-order chi connectivity index (χ1) is 11.3. The zero-order chi connectivity index (χ0) is 17.7. The molecule has 0 saturated heterocycles. The smallest absolute Gasteiger partial charge is 0.341 e. The number of carbonyl (C=O) groups is 2. The van der Waals surface area contributed by atoms with Gasteiger partial charge in [-0.15, -0.1) is 0 Å². The highest BCUT2D eigenvalue weighted by Gasteiger charge is 2.30. The number of nitrogens with one attached hydrogen (secondary N) is 3. The van der Waals surface area contributed by atoms with E-state index in [0.717, 1.165) is 24.3 Å². The summed E-state index contributed by atoms with van der Waals surface area (Å²) in [6, 6.07) is 9.84. The summed E-state index contributed by atoms with van der Waals surface area (Å²) in [5.41, 5.74) is 0.267. The number of hydrogen-bond donors (Lipinski definition) is 3. The first-order valence-corrected chi connectivity index (χ1v) is 6.87. The summed E-state index contributed by atoms with van der Waals surface area (Å²) in [6.07, 6.45) is -4.44. The zero-order valence-corrected chi connectivity index (χ0v) is 12.6. The second-order valence-corrected chi connectivity index (χ2v) is 4.81. The van der Waals surface area contributed by atoms with Crippen molar-refractivity contribution >= 4 is 23.3 Å². The van der Waals surface area contributed by atoms with E-state index in [2.05, 4.69) is 16.0 Å². The Morgan fingerprint density at radius 1 is 0.833 bits per heavy atom. The van der Waals surface area contributed by atoms with Crippen LogP contribution >= 0.6 is 0 Å². The Labute approximate surface area is 135 Å². The molecule has 0 aliphatic rings. The van der Waals surface area contributed by atoms with Crippen LogP contribution in [0.5, 0.6) is 0 Å². The minimum atomic E-state index is -4.44. The second kappa shape index (κ2) is 7.03. The topological polar surface area (TPSA) is 70.2 Å². The van der Waals surface area contributed by atoms with E-state index in [1.54, 1.807) is 24.3 Å². The average Bonchev–Trinajstić information content (AvgIpc) is 2.55. The normalized spacial score (nSPS) is 10.8. The monoisotopic (exact) mass is 337 g/mol. The van der Waals surface area contributed by atoms with Gasteiger partial charge in [0.15, 0.2) is 0 Å². The molecule has 0 fully saturated rings. The lowest BCUT2D eigenvalue weighted by Crippen LogP contribution is -2.24. The molecule has 0 unspecified atom stereocenters. The Hall–Kier alpha value is -3.03. The SMILES string of the molecule is CNC(=O)Nc1ccc(NC(=O)c2ccc(C(F)(F)F)cc2)cc1. The standard InChI is InChI=1S/C16H14F3N3O2/c1-20-15(24)22-13-8-6-12(7-9-13)21-14(23)10-2-4-11(5-3-10)16(17,18)19/h2-9H,1H3,(H,21,23)(H2,20,22,24). The molecule has 0 radical (unpaired) electrons. The second-order valence-electron chi connectivity index (χ2n) is 4.81. The van der Waals surface area contributed by atoms with Crippen LogP contribution in [0.4, 0.5) is 29.3 Å². The molecule has 2 rings (SSSR count). The fraction of sp³-hybridized carbons (Fsp3) is 0.125. The van der Waals surface area contributed by atoms with Crippen molar-refractivity contribution in [1.82, 2.24) is 5.32 Å². The van der Waals surface area contributed by atoms with Crippen molar-refractivity contribution in [2.45, 2.75) is 6.18 Å². The summed E-state index contributed by atoms with van der Waals surface area (Å²) in [6.45, 7) is 0. The van der Waals surface area contributed by atoms with Crippen molar-refractivity contribution in [3.05, 3.63) is 59.7 Å². The molecule has 2 aromatic carbocycles. The van der Waals surface area contributed by atoms with Crippen molar-refractivity contribution in [2.75, 3.05) is 17.7 Å². The van der Waals surface area contributed by atoms with E-state index in [1.165, 1.54) is 7.05 Å². The molecule has 0 aliphatic heterocycles. The van der Waals surface area contributed by atoms with Gasteiger partial charge in [0, 0.05) is 24.0 Å². The van der Waals surface area contributed by atoms with Gasteiger partial charge in [0.1, 0.15) is 0 Å². The molecule has 2 aromatic rings. The number of alkyl halides is 3. The fourth-order valence-electron chi connectivity index (χ4n) is 1.84. The molecule has 5 nitrogen and oxygen atoms in total. The van der Waals surface area contributed by atoms with Crippen molar-refractivity contribution < 1.29 is 22.8 Å². The van der Waals surface area contributed by atoms with Gasteiger partial charge >= 0.3 is 12.2 Å². The van der Waals surface area contributed by atoms with Gasteiger partial charge in [-0.05, 0) is 48.5 Å². The number of hydrogen-bond acceptors (Lipinski definition) is 2. The Kier molecular flexibility index (Phi) is 5.08. The maximum atomic E-state index is 12.5. The quantitative estimate of drug-likeness (QED) is 0.799.